The van der Waals surface area contributed by atoms with E-state index < -0.39 is 0 Å². The van der Waals surface area contributed by atoms with Crippen LogP contribution in [0.2, 0.25) is 0 Å². The molecule has 0 saturated carbocycles. The molecular formula is C16H17N3O. The van der Waals surface area contributed by atoms with Crippen LogP contribution in [0.3, 0.4) is 0 Å². The first-order valence-electron chi connectivity index (χ1n) is 6.84. The van der Waals surface area contributed by atoms with Gasteiger partial charge in [-0.25, -0.2) is 0 Å². The first-order valence-corrected chi connectivity index (χ1v) is 6.84. The van der Waals surface area contributed by atoms with Crippen molar-refractivity contribution < 1.29 is 4.42 Å². The van der Waals surface area contributed by atoms with E-state index in [2.05, 4.69) is 35.4 Å². The van der Waals surface area contributed by atoms with E-state index in [4.69, 9.17) is 4.42 Å². The van der Waals surface area contributed by atoms with E-state index in [1.807, 2.05) is 30.3 Å². The van der Waals surface area contributed by atoms with E-state index >= 15 is 0 Å². The minimum Gasteiger partial charge on any atom is -0.454 e. The Hall–Kier alpha value is -2.36. The smallest absolute Gasteiger partial charge is 0.155 e. The number of rotatable bonds is 4. The molecule has 0 aliphatic heterocycles. The number of aromatic nitrogens is 2. The van der Waals surface area contributed by atoms with Crippen molar-refractivity contribution in [1.29, 1.82) is 0 Å². The predicted molar refractivity (Wildman–Crippen MR) is 80.8 cm³/mol. The number of furan rings is 1. The van der Waals surface area contributed by atoms with E-state index in [0.717, 1.165) is 41.2 Å². The van der Waals surface area contributed by atoms with Crippen LogP contribution in [0, 0.1) is 6.92 Å². The zero-order valence-corrected chi connectivity index (χ0v) is 11.7. The standard InChI is InChI=1S/C16H17N3O/c1-3-8-17-16-7-5-13(18-19-16)15-10-12-9-11(2)4-6-14(12)20-15/h4-7,9-10H,3,8H2,1-2H3,(H,17,19). The fraction of sp³-hybridized carbons (Fsp3) is 0.250. The molecule has 3 aromatic rings. The summed E-state index contributed by atoms with van der Waals surface area (Å²) in [7, 11) is 0. The van der Waals surface area contributed by atoms with Crippen molar-refractivity contribution in [3.8, 4) is 11.5 Å². The van der Waals surface area contributed by atoms with Gasteiger partial charge in [0.1, 0.15) is 17.1 Å². The minimum absolute atomic E-state index is 0.750. The summed E-state index contributed by atoms with van der Waals surface area (Å²) in [5, 5.41) is 12.7. The van der Waals surface area contributed by atoms with E-state index in [1.165, 1.54) is 5.56 Å². The summed E-state index contributed by atoms with van der Waals surface area (Å²) in [6.45, 7) is 5.09. The maximum absolute atomic E-state index is 5.81. The Kier molecular flexibility index (Phi) is 3.37. The minimum atomic E-state index is 0.750. The predicted octanol–water partition coefficient (Wildman–Crippen LogP) is 4.02. The zero-order chi connectivity index (χ0) is 13.9. The fourth-order valence-corrected chi connectivity index (χ4v) is 2.10. The quantitative estimate of drug-likeness (QED) is 0.775. The summed E-state index contributed by atoms with van der Waals surface area (Å²) in [6.07, 6.45) is 1.06. The lowest BCUT2D eigenvalue weighted by Gasteiger charge is -2.02. The molecule has 0 amide bonds. The van der Waals surface area contributed by atoms with Crippen LogP contribution in [0.1, 0.15) is 18.9 Å². The average Bonchev–Trinajstić information content (AvgIpc) is 2.88. The van der Waals surface area contributed by atoms with Gasteiger partial charge in [0.25, 0.3) is 0 Å². The summed E-state index contributed by atoms with van der Waals surface area (Å²) >= 11 is 0. The molecule has 0 radical (unpaired) electrons. The van der Waals surface area contributed by atoms with Crippen LogP contribution in [0.4, 0.5) is 5.82 Å². The topological polar surface area (TPSA) is 51.0 Å². The summed E-state index contributed by atoms with van der Waals surface area (Å²) in [6, 6.07) is 12.0. The molecule has 20 heavy (non-hydrogen) atoms. The van der Waals surface area contributed by atoms with Gasteiger partial charge in [0.15, 0.2) is 5.76 Å². The van der Waals surface area contributed by atoms with Crippen molar-refractivity contribution in [2.45, 2.75) is 20.3 Å². The maximum atomic E-state index is 5.81. The second-order valence-corrected chi connectivity index (χ2v) is 4.88. The molecule has 3 rings (SSSR count). The summed E-state index contributed by atoms with van der Waals surface area (Å²) in [5.74, 6) is 1.54. The molecule has 4 nitrogen and oxygen atoms in total. The molecule has 102 valence electrons. The van der Waals surface area contributed by atoms with Gasteiger partial charge >= 0.3 is 0 Å². The third kappa shape index (κ3) is 2.50. The van der Waals surface area contributed by atoms with Gasteiger partial charge in [0, 0.05) is 11.9 Å². The lowest BCUT2D eigenvalue weighted by atomic mass is 10.2. The van der Waals surface area contributed by atoms with Crippen molar-refractivity contribution in [2.75, 3.05) is 11.9 Å². The van der Waals surface area contributed by atoms with Crippen LogP contribution in [0.15, 0.2) is 40.8 Å². The highest BCUT2D eigenvalue weighted by molar-refractivity contribution is 5.82. The van der Waals surface area contributed by atoms with Crippen LogP contribution < -0.4 is 5.32 Å². The van der Waals surface area contributed by atoms with Crippen LogP contribution in [-0.2, 0) is 0 Å². The molecule has 1 aromatic carbocycles. The van der Waals surface area contributed by atoms with Gasteiger partial charge in [-0.05, 0) is 43.7 Å². The van der Waals surface area contributed by atoms with Crippen molar-refractivity contribution in [3.05, 3.63) is 42.0 Å². The fourth-order valence-electron chi connectivity index (χ4n) is 2.10. The van der Waals surface area contributed by atoms with Crippen LogP contribution in [0.25, 0.3) is 22.4 Å². The molecule has 0 fully saturated rings. The largest absolute Gasteiger partial charge is 0.454 e. The molecule has 0 aliphatic carbocycles. The number of anilines is 1. The van der Waals surface area contributed by atoms with Gasteiger partial charge in [0.2, 0.25) is 0 Å². The molecule has 4 heteroatoms. The van der Waals surface area contributed by atoms with Crippen molar-refractivity contribution in [2.24, 2.45) is 0 Å². The number of hydrogen-bond donors (Lipinski definition) is 1. The Morgan fingerprint density at radius 3 is 2.75 bits per heavy atom. The van der Waals surface area contributed by atoms with E-state index in [9.17, 15) is 0 Å². The highest BCUT2D eigenvalue weighted by atomic mass is 16.3. The highest BCUT2D eigenvalue weighted by Gasteiger charge is 2.08. The molecule has 0 atom stereocenters. The molecule has 0 aliphatic rings. The lowest BCUT2D eigenvalue weighted by Crippen LogP contribution is -2.02. The van der Waals surface area contributed by atoms with Gasteiger partial charge in [-0.15, -0.1) is 10.2 Å². The highest BCUT2D eigenvalue weighted by Crippen LogP contribution is 2.27. The second kappa shape index (κ2) is 5.33. The molecule has 0 bridgehead atoms. The molecular weight excluding hydrogens is 250 g/mol. The summed E-state index contributed by atoms with van der Waals surface area (Å²) < 4.78 is 5.81. The monoisotopic (exact) mass is 267 g/mol. The van der Waals surface area contributed by atoms with Crippen LogP contribution >= 0.6 is 0 Å². The number of fused-ring (bicyclic) bond motifs is 1. The first kappa shape index (κ1) is 12.7. The van der Waals surface area contributed by atoms with Crippen molar-refractivity contribution >= 4 is 16.8 Å². The maximum Gasteiger partial charge on any atom is 0.155 e. The number of aryl methyl sites for hydroxylation is 1. The third-order valence-electron chi connectivity index (χ3n) is 3.14. The Morgan fingerprint density at radius 1 is 1.10 bits per heavy atom. The van der Waals surface area contributed by atoms with E-state index in [0.29, 0.717) is 0 Å². The Morgan fingerprint density at radius 2 is 2.00 bits per heavy atom. The average molecular weight is 267 g/mol. The SMILES string of the molecule is CCCNc1ccc(-c2cc3cc(C)ccc3o2)nn1. The molecule has 2 aromatic heterocycles. The van der Waals surface area contributed by atoms with Crippen LogP contribution in [0.5, 0.6) is 0 Å². The molecule has 0 spiro atoms. The molecule has 1 N–H and O–H groups in total. The molecule has 0 unspecified atom stereocenters. The molecule has 0 saturated heterocycles. The number of hydrogen-bond acceptors (Lipinski definition) is 4. The summed E-state index contributed by atoms with van der Waals surface area (Å²) in [4.78, 5) is 0. The summed E-state index contributed by atoms with van der Waals surface area (Å²) in [5.41, 5.74) is 2.84. The first-order chi connectivity index (χ1) is 9.76. The van der Waals surface area contributed by atoms with E-state index in [1.54, 1.807) is 0 Å². The number of nitrogens with zero attached hydrogens (tertiary/aromatic N) is 2. The number of benzene rings is 1. The van der Waals surface area contributed by atoms with Crippen LogP contribution in [-0.4, -0.2) is 16.7 Å². The molecule has 2 heterocycles. The van der Waals surface area contributed by atoms with Gasteiger partial charge in [-0.1, -0.05) is 18.6 Å². The Labute approximate surface area is 117 Å². The number of nitrogens with one attached hydrogen (secondary N) is 1. The normalized spacial score (nSPS) is 10.9. The lowest BCUT2D eigenvalue weighted by molar-refractivity contribution is 0.627. The van der Waals surface area contributed by atoms with E-state index in [-0.39, 0.29) is 0 Å². The van der Waals surface area contributed by atoms with Gasteiger partial charge in [-0.2, -0.15) is 0 Å². The second-order valence-electron chi connectivity index (χ2n) is 4.88. The van der Waals surface area contributed by atoms with Crippen molar-refractivity contribution in [3.63, 3.8) is 0 Å². The zero-order valence-electron chi connectivity index (χ0n) is 11.7. The van der Waals surface area contributed by atoms with Gasteiger partial charge in [0.05, 0.1) is 0 Å². The Balaban J connectivity index is 1.90. The van der Waals surface area contributed by atoms with Gasteiger partial charge < -0.3 is 9.73 Å². The van der Waals surface area contributed by atoms with Crippen molar-refractivity contribution in [1.82, 2.24) is 10.2 Å². The Bertz CT molecular complexity index is 716. The third-order valence-corrected chi connectivity index (χ3v) is 3.14. The van der Waals surface area contributed by atoms with Gasteiger partial charge in [-0.3, -0.25) is 0 Å².